The van der Waals surface area contributed by atoms with Gasteiger partial charge in [0.25, 0.3) is 5.91 Å². The molecule has 0 unspecified atom stereocenters. The smallest absolute Gasteiger partial charge is 0.275 e. The zero-order valence-corrected chi connectivity index (χ0v) is 18.4. The third-order valence-electron chi connectivity index (χ3n) is 5.89. The number of nitrogens with two attached hydrogens (primary N) is 1. The molecule has 0 bridgehead atoms. The van der Waals surface area contributed by atoms with Crippen molar-refractivity contribution in [3.63, 3.8) is 0 Å². The summed E-state index contributed by atoms with van der Waals surface area (Å²) in [6.07, 6.45) is 1.89. The van der Waals surface area contributed by atoms with E-state index in [1.165, 1.54) is 11.3 Å². The van der Waals surface area contributed by atoms with E-state index in [0.29, 0.717) is 36.5 Å². The van der Waals surface area contributed by atoms with E-state index in [1.807, 2.05) is 12.1 Å². The number of nitrogens with one attached hydrogen (secondary N) is 1. The standard InChI is InChI=1S/C22H24FN5O3S/c1-28-20(19-5-3-15(24)14(23)10-31-19)16(9-25-28)26-21(29)17-11-32-22(27-17)13-2-4-18-12(8-13)6-7-30-18/h2,4,8-9,11,14-15,19H,3,5-7,10,24H2,1H3,(H,26,29)/t14-,15-,19+/m1/s1. The Morgan fingerprint density at radius 2 is 2.25 bits per heavy atom. The number of hydrogen-bond donors (Lipinski definition) is 2. The summed E-state index contributed by atoms with van der Waals surface area (Å²) in [5.74, 6) is 0.577. The van der Waals surface area contributed by atoms with Crippen molar-refractivity contribution < 1.29 is 18.7 Å². The molecular weight excluding hydrogens is 433 g/mol. The molecule has 32 heavy (non-hydrogen) atoms. The van der Waals surface area contributed by atoms with Gasteiger partial charge in [-0.05, 0) is 36.6 Å². The van der Waals surface area contributed by atoms with Crippen LogP contribution in [0.15, 0.2) is 29.8 Å². The molecular formula is C22H24FN5O3S. The number of aromatic nitrogens is 3. The number of hydrogen-bond acceptors (Lipinski definition) is 7. The molecule has 5 rings (SSSR count). The zero-order chi connectivity index (χ0) is 22.2. The third-order valence-corrected chi connectivity index (χ3v) is 6.79. The molecule has 2 aliphatic rings. The molecule has 0 spiro atoms. The van der Waals surface area contributed by atoms with Crippen LogP contribution in [-0.4, -0.2) is 46.1 Å². The number of carbonyl (C=O) groups is 1. The van der Waals surface area contributed by atoms with E-state index in [2.05, 4.69) is 21.5 Å². The van der Waals surface area contributed by atoms with Crippen LogP contribution >= 0.6 is 11.3 Å². The Bertz CT molecular complexity index is 1130. The molecule has 168 valence electrons. The number of nitrogens with zero attached hydrogens (tertiary/aromatic N) is 3. The summed E-state index contributed by atoms with van der Waals surface area (Å²) in [4.78, 5) is 17.4. The van der Waals surface area contributed by atoms with Gasteiger partial charge in [-0.25, -0.2) is 9.37 Å². The minimum Gasteiger partial charge on any atom is -0.493 e. The Morgan fingerprint density at radius 1 is 1.38 bits per heavy atom. The molecule has 1 amide bonds. The number of anilines is 1. The molecule has 3 aromatic rings. The number of rotatable bonds is 4. The topological polar surface area (TPSA) is 104 Å². The number of aryl methyl sites for hydroxylation is 1. The van der Waals surface area contributed by atoms with Crippen LogP contribution in [0.4, 0.5) is 10.1 Å². The summed E-state index contributed by atoms with van der Waals surface area (Å²) in [5, 5.41) is 9.66. The molecule has 1 fully saturated rings. The highest BCUT2D eigenvalue weighted by Gasteiger charge is 2.30. The van der Waals surface area contributed by atoms with Crippen LogP contribution in [0.1, 0.15) is 40.7 Å². The van der Waals surface area contributed by atoms with Gasteiger partial charge in [0.1, 0.15) is 28.7 Å². The van der Waals surface area contributed by atoms with Crippen molar-refractivity contribution in [2.75, 3.05) is 18.5 Å². The highest BCUT2D eigenvalue weighted by molar-refractivity contribution is 7.13. The fraction of sp³-hybridized carbons (Fsp3) is 0.409. The molecule has 2 aromatic heterocycles. The molecule has 1 aromatic carbocycles. The molecule has 1 saturated heterocycles. The van der Waals surface area contributed by atoms with Gasteiger partial charge in [0, 0.05) is 30.5 Å². The maximum absolute atomic E-state index is 13.9. The number of thiazole rings is 1. The predicted octanol–water partition coefficient (Wildman–Crippen LogP) is 3.25. The van der Waals surface area contributed by atoms with Gasteiger partial charge in [0.2, 0.25) is 0 Å². The Hall–Kier alpha value is -2.82. The molecule has 3 N–H and O–H groups in total. The lowest BCUT2D eigenvalue weighted by Crippen LogP contribution is -2.32. The lowest BCUT2D eigenvalue weighted by molar-refractivity contribution is 0.0247. The largest absolute Gasteiger partial charge is 0.493 e. The van der Waals surface area contributed by atoms with Crippen LogP contribution in [0.2, 0.25) is 0 Å². The van der Waals surface area contributed by atoms with Gasteiger partial charge < -0.3 is 20.5 Å². The lowest BCUT2D eigenvalue weighted by Gasteiger charge is -2.17. The summed E-state index contributed by atoms with van der Waals surface area (Å²) in [6, 6.07) is 5.41. The first-order valence-electron chi connectivity index (χ1n) is 10.6. The highest BCUT2D eigenvalue weighted by Crippen LogP contribution is 2.34. The van der Waals surface area contributed by atoms with Crippen molar-refractivity contribution in [3.05, 3.63) is 46.7 Å². The Morgan fingerprint density at radius 3 is 3.12 bits per heavy atom. The summed E-state index contributed by atoms with van der Waals surface area (Å²) in [5.41, 5.74) is 9.50. The maximum atomic E-state index is 13.9. The minimum atomic E-state index is -1.20. The van der Waals surface area contributed by atoms with Crippen molar-refractivity contribution in [2.24, 2.45) is 12.8 Å². The van der Waals surface area contributed by atoms with Gasteiger partial charge in [0.15, 0.2) is 0 Å². The van der Waals surface area contributed by atoms with Crippen LogP contribution < -0.4 is 15.8 Å². The van der Waals surface area contributed by atoms with Crippen LogP contribution in [0.5, 0.6) is 5.75 Å². The Labute approximate surface area is 188 Å². The SMILES string of the molecule is Cn1ncc(NC(=O)c2csc(-c3ccc4c(c3)CCO4)n2)c1[C@@H]1CC[C@@H](N)[C@H](F)CO1. The van der Waals surface area contributed by atoms with Crippen molar-refractivity contribution in [3.8, 4) is 16.3 Å². The second-order valence-corrected chi connectivity index (χ2v) is 8.92. The summed E-state index contributed by atoms with van der Waals surface area (Å²) in [6.45, 7) is 0.617. The van der Waals surface area contributed by atoms with Gasteiger partial charge in [-0.3, -0.25) is 9.48 Å². The van der Waals surface area contributed by atoms with Crippen LogP contribution in [-0.2, 0) is 18.2 Å². The second-order valence-electron chi connectivity index (χ2n) is 8.06. The number of amides is 1. The number of halogens is 1. The third kappa shape index (κ3) is 4.01. The van der Waals surface area contributed by atoms with Gasteiger partial charge in [-0.15, -0.1) is 11.3 Å². The number of carbonyl (C=O) groups excluding carboxylic acids is 1. The van der Waals surface area contributed by atoms with E-state index < -0.39 is 18.3 Å². The molecule has 0 radical (unpaired) electrons. The van der Waals surface area contributed by atoms with Crippen LogP contribution in [0.3, 0.4) is 0 Å². The van der Waals surface area contributed by atoms with E-state index in [4.69, 9.17) is 15.2 Å². The fourth-order valence-electron chi connectivity index (χ4n) is 4.10. The normalized spacial score (nSPS) is 22.8. The number of benzene rings is 1. The number of alkyl halides is 1. The second kappa shape index (κ2) is 8.61. The van der Waals surface area contributed by atoms with Crippen molar-refractivity contribution in [2.45, 2.75) is 37.6 Å². The summed E-state index contributed by atoms with van der Waals surface area (Å²) < 4.78 is 26.9. The Kier molecular flexibility index (Phi) is 5.66. The molecule has 0 aliphatic carbocycles. The van der Waals surface area contributed by atoms with E-state index in [9.17, 15) is 9.18 Å². The minimum absolute atomic E-state index is 0.0777. The van der Waals surface area contributed by atoms with Crippen molar-refractivity contribution >= 4 is 22.9 Å². The van der Waals surface area contributed by atoms with E-state index in [-0.39, 0.29) is 12.5 Å². The van der Waals surface area contributed by atoms with E-state index >= 15 is 0 Å². The van der Waals surface area contributed by atoms with Crippen LogP contribution in [0.25, 0.3) is 10.6 Å². The molecule has 8 nitrogen and oxygen atoms in total. The maximum Gasteiger partial charge on any atom is 0.275 e. The average molecular weight is 458 g/mol. The molecule has 0 saturated carbocycles. The van der Waals surface area contributed by atoms with E-state index in [1.54, 1.807) is 23.3 Å². The van der Waals surface area contributed by atoms with Gasteiger partial charge in [-0.1, -0.05) is 0 Å². The summed E-state index contributed by atoms with van der Waals surface area (Å²) in [7, 11) is 1.77. The monoisotopic (exact) mass is 457 g/mol. The lowest BCUT2D eigenvalue weighted by atomic mass is 10.0. The number of ether oxygens (including phenoxy) is 2. The molecule has 4 heterocycles. The molecule has 2 aliphatic heterocycles. The van der Waals surface area contributed by atoms with E-state index in [0.717, 1.165) is 28.3 Å². The average Bonchev–Trinajstić information content (AvgIpc) is 3.51. The van der Waals surface area contributed by atoms with Crippen LogP contribution in [0, 0.1) is 0 Å². The molecule has 3 atom stereocenters. The summed E-state index contributed by atoms with van der Waals surface area (Å²) >= 11 is 1.41. The van der Waals surface area contributed by atoms with Gasteiger partial charge in [-0.2, -0.15) is 5.10 Å². The Balaban J connectivity index is 1.33. The first-order chi connectivity index (χ1) is 15.5. The molecule has 10 heteroatoms. The van der Waals surface area contributed by atoms with Gasteiger partial charge >= 0.3 is 0 Å². The highest BCUT2D eigenvalue weighted by atomic mass is 32.1. The first-order valence-corrected chi connectivity index (χ1v) is 11.4. The quantitative estimate of drug-likeness (QED) is 0.623. The first kappa shape index (κ1) is 21.0. The predicted molar refractivity (Wildman–Crippen MR) is 119 cm³/mol. The number of fused-ring (bicyclic) bond motifs is 1. The zero-order valence-electron chi connectivity index (χ0n) is 17.6. The van der Waals surface area contributed by atoms with Crippen molar-refractivity contribution in [1.29, 1.82) is 0 Å². The fourth-order valence-corrected chi connectivity index (χ4v) is 4.89. The van der Waals surface area contributed by atoms with Crippen molar-refractivity contribution in [1.82, 2.24) is 14.8 Å². The van der Waals surface area contributed by atoms with Gasteiger partial charge in [0.05, 0.1) is 30.8 Å².